The standard InChI is InChI=1S/C26H35FN2O3.C2H6/c1-4-17(2)26(32)29-15-9-12-20(16-29)21-13-8-14-22(23(21)27)25(31)28-24(18(3)30)19-10-6-5-7-11-19;1-2/h8,13-14,19-20,24H,2,4-7,9-12,15-16H2,1,3H3,(H,28,31);1-2H3. The molecule has 2 amide bonds. The monoisotopic (exact) mass is 472 g/mol. The van der Waals surface area contributed by atoms with Crippen LogP contribution in [0.25, 0.3) is 0 Å². The largest absolute Gasteiger partial charge is 0.342 e. The van der Waals surface area contributed by atoms with Gasteiger partial charge in [0.05, 0.1) is 11.6 Å². The van der Waals surface area contributed by atoms with Crippen molar-refractivity contribution in [3.63, 3.8) is 0 Å². The predicted molar refractivity (Wildman–Crippen MR) is 134 cm³/mol. The summed E-state index contributed by atoms with van der Waals surface area (Å²) in [4.78, 5) is 39.5. The normalized spacial score (nSPS) is 19.4. The van der Waals surface area contributed by atoms with E-state index in [4.69, 9.17) is 0 Å². The predicted octanol–water partition coefficient (Wildman–Crippen LogP) is 5.79. The third-order valence-electron chi connectivity index (χ3n) is 7.00. The van der Waals surface area contributed by atoms with E-state index in [2.05, 4.69) is 11.9 Å². The SMILES string of the molecule is C=C(CC)C(=O)N1CCCC(c2cccc(C(=O)NC(C(C)=O)C3CCCCC3)c2F)C1.CC. The van der Waals surface area contributed by atoms with Crippen molar-refractivity contribution in [2.24, 2.45) is 5.92 Å². The van der Waals surface area contributed by atoms with Crippen molar-refractivity contribution in [1.82, 2.24) is 10.2 Å². The van der Waals surface area contributed by atoms with Gasteiger partial charge < -0.3 is 10.2 Å². The number of carbonyl (C=O) groups is 3. The molecule has 3 rings (SSSR count). The highest BCUT2D eigenvalue weighted by molar-refractivity contribution is 5.98. The van der Waals surface area contributed by atoms with Crippen LogP contribution in [0.4, 0.5) is 4.39 Å². The number of ketones is 1. The van der Waals surface area contributed by atoms with E-state index in [-0.39, 0.29) is 29.1 Å². The lowest BCUT2D eigenvalue weighted by Crippen LogP contribution is -2.46. The first kappa shape index (κ1) is 27.7. The molecule has 0 radical (unpaired) electrons. The molecule has 1 N–H and O–H groups in total. The molecule has 188 valence electrons. The van der Waals surface area contributed by atoms with Gasteiger partial charge in [-0.15, -0.1) is 0 Å². The zero-order chi connectivity index (χ0) is 25.3. The lowest BCUT2D eigenvalue weighted by Gasteiger charge is -2.34. The first-order chi connectivity index (χ1) is 16.3. The first-order valence-electron chi connectivity index (χ1n) is 12.9. The summed E-state index contributed by atoms with van der Waals surface area (Å²) in [6, 6.07) is 4.27. The minimum Gasteiger partial charge on any atom is -0.342 e. The van der Waals surface area contributed by atoms with Gasteiger partial charge in [0.15, 0.2) is 5.78 Å². The molecule has 0 bridgehead atoms. The molecule has 1 saturated carbocycles. The Hall–Kier alpha value is -2.50. The molecule has 5 nitrogen and oxygen atoms in total. The molecule has 1 aromatic rings. The number of halogens is 1. The van der Waals surface area contributed by atoms with E-state index in [1.165, 1.54) is 13.0 Å². The molecule has 1 saturated heterocycles. The third-order valence-corrected chi connectivity index (χ3v) is 7.00. The average molecular weight is 473 g/mol. The fourth-order valence-electron chi connectivity index (χ4n) is 5.07. The number of rotatable bonds is 7. The number of carbonyl (C=O) groups excluding carboxylic acids is 3. The minimum absolute atomic E-state index is 0.0361. The van der Waals surface area contributed by atoms with E-state index in [0.29, 0.717) is 30.6 Å². The van der Waals surface area contributed by atoms with Crippen molar-refractivity contribution in [2.45, 2.75) is 91.0 Å². The average Bonchev–Trinajstić information content (AvgIpc) is 2.87. The molecule has 6 heteroatoms. The van der Waals surface area contributed by atoms with Gasteiger partial charge in [0.2, 0.25) is 5.91 Å². The minimum atomic E-state index is -0.575. The fourth-order valence-corrected chi connectivity index (χ4v) is 5.07. The molecule has 1 aliphatic heterocycles. The van der Waals surface area contributed by atoms with Crippen LogP contribution < -0.4 is 5.32 Å². The number of nitrogens with one attached hydrogen (secondary N) is 1. The summed E-state index contributed by atoms with van der Waals surface area (Å²) in [5.41, 5.74) is 0.970. The zero-order valence-corrected chi connectivity index (χ0v) is 21.3. The Morgan fingerprint density at radius 1 is 1.12 bits per heavy atom. The number of piperidine rings is 1. The molecule has 1 aliphatic carbocycles. The number of nitrogens with zero attached hydrogens (tertiary/aromatic N) is 1. The van der Waals surface area contributed by atoms with Crippen molar-refractivity contribution < 1.29 is 18.8 Å². The Bertz CT molecular complexity index is 876. The highest BCUT2D eigenvalue weighted by Crippen LogP contribution is 2.31. The van der Waals surface area contributed by atoms with Crippen LogP contribution in [0, 0.1) is 11.7 Å². The summed E-state index contributed by atoms with van der Waals surface area (Å²) >= 11 is 0. The van der Waals surface area contributed by atoms with Crippen molar-refractivity contribution >= 4 is 17.6 Å². The third kappa shape index (κ3) is 6.77. The van der Waals surface area contributed by atoms with E-state index in [0.717, 1.165) is 44.9 Å². The van der Waals surface area contributed by atoms with Crippen molar-refractivity contribution in [3.8, 4) is 0 Å². The van der Waals surface area contributed by atoms with Gasteiger partial charge in [-0.25, -0.2) is 4.39 Å². The Labute approximate surface area is 204 Å². The fraction of sp³-hybridized carbons (Fsp3) is 0.607. The van der Waals surface area contributed by atoms with E-state index < -0.39 is 17.8 Å². The first-order valence-corrected chi connectivity index (χ1v) is 12.9. The topological polar surface area (TPSA) is 66.5 Å². The van der Waals surface area contributed by atoms with Gasteiger partial charge >= 0.3 is 0 Å². The lowest BCUT2D eigenvalue weighted by molar-refractivity contribution is -0.128. The van der Waals surface area contributed by atoms with Crippen LogP contribution in [0.2, 0.25) is 0 Å². The van der Waals surface area contributed by atoms with Crippen molar-refractivity contribution in [2.75, 3.05) is 13.1 Å². The number of hydrogen-bond acceptors (Lipinski definition) is 3. The smallest absolute Gasteiger partial charge is 0.254 e. The molecular formula is C28H41FN2O3. The van der Waals surface area contributed by atoms with Crippen molar-refractivity contribution in [3.05, 3.63) is 47.3 Å². The Kier molecular flexibility index (Phi) is 10.9. The maximum Gasteiger partial charge on any atom is 0.254 e. The quantitative estimate of drug-likeness (QED) is 0.511. The maximum absolute atomic E-state index is 15.5. The number of Topliss-reactive ketones (excluding diaryl/α,β-unsaturated/α-hetero) is 1. The number of likely N-dealkylation sites (tertiary alicyclic amines) is 1. The van der Waals surface area contributed by atoms with Gasteiger partial charge in [-0.1, -0.05) is 58.7 Å². The van der Waals surface area contributed by atoms with E-state index >= 15 is 4.39 Å². The molecule has 0 aromatic heterocycles. The van der Waals surface area contributed by atoms with Crippen LogP contribution in [0.3, 0.4) is 0 Å². The van der Waals surface area contributed by atoms with Gasteiger partial charge in [-0.2, -0.15) is 0 Å². The van der Waals surface area contributed by atoms with Crippen LogP contribution in [0.1, 0.15) is 101 Å². The number of amides is 2. The van der Waals surface area contributed by atoms with Gasteiger partial charge in [-0.3, -0.25) is 14.4 Å². The summed E-state index contributed by atoms with van der Waals surface area (Å²) in [6.45, 7) is 12.3. The molecule has 2 aliphatic rings. The Balaban J connectivity index is 0.00000199. The second-order valence-electron chi connectivity index (χ2n) is 9.22. The molecular weight excluding hydrogens is 431 g/mol. The van der Waals surface area contributed by atoms with Crippen LogP contribution >= 0.6 is 0 Å². The zero-order valence-electron chi connectivity index (χ0n) is 21.3. The van der Waals surface area contributed by atoms with Crippen LogP contribution in [-0.4, -0.2) is 41.6 Å². The van der Waals surface area contributed by atoms with Gasteiger partial charge in [0.1, 0.15) is 5.82 Å². The number of benzene rings is 1. The summed E-state index contributed by atoms with van der Waals surface area (Å²) in [5, 5.41) is 2.82. The Morgan fingerprint density at radius 2 is 1.79 bits per heavy atom. The van der Waals surface area contributed by atoms with Gasteiger partial charge in [0.25, 0.3) is 5.91 Å². The molecule has 1 aromatic carbocycles. The second kappa shape index (κ2) is 13.4. The number of hydrogen-bond donors (Lipinski definition) is 1. The highest BCUT2D eigenvalue weighted by Gasteiger charge is 2.31. The van der Waals surface area contributed by atoms with E-state index in [1.54, 1.807) is 17.0 Å². The van der Waals surface area contributed by atoms with Gasteiger partial charge in [0, 0.05) is 24.6 Å². The van der Waals surface area contributed by atoms with E-state index in [9.17, 15) is 14.4 Å². The molecule has 2 atom stereocenters. The summed E-state index contributed by atoms with van der Waals surface area (Å²) in [5.74, 6) is -1.32. The summed E-state index contributed by atoms with van der Waals surface area (Å²) in [7, 11) is 0. The lowest BCUT2D eigenvalue weighted by atomic mass is 9.82. The highest BCUT2D eigenvalue weighted by atomic mass is 19.1. The maximum atomic E-state index is 15.5. The van der Waals surface area contributed by atoms with Gasteiger partial charge in [-0.05, 0) is 56.6 Å². The van der Waals surface area contributed by atoms with E-state index in [1.807, 2.05) is 20.8 Å². The van der Waals surface area contributed by atoms with Crippen LogP contribution in [0.15, 0.2) is 30.4 Å². The molecule has 2 unspecified atom stereocenters. The molecule has 1 heterocycles. The summed E-state index contributed by atoms with van der Waals surface area (Å²) < 4.78 is 15.5. The van der Waals surface area contributed by atoms with Crippen LogP contribution in [-0.2, 0) is 9.59 Å². The summed E-state index contributed by atoms with van der Waals surface area (Å²) in [6.07, 6.45) is 7.18. The molecule has 34 heavy (non-hydrogen) atoms. The molecule has 2 fully saturated rings. The molecule has 0 spiro atoms. The van der Waals surface area contributed by atoms with Crippen LogP contribution in [0.5, 0.6) is 0 Å². The second-order valence-corrected chi connectivity index (χ2v) is 9.22. The Morgan fingerprint density at radius 3 is 2.41 bits per heavy atom. The van der Waals surface area contributed by atoms with Crippen molar-refractivity contribution in [1.29, 1.82) is 0 Å².